The molecule has 1 N–H and O–H groups in total. The smallest absolute Gasteiger partial charge is 0.217 e. The van der Waals surface area contributed by atoms with Crippen molar-refractivity contribution < 1.29 is 5.11 Å². The van der Waals surface area contributed by atoms with Gasteiger partial charge in [0.05, 0.1) is 5.69 Å². The molecule has 0 spiro atoms. The maximum absolute atomic E-state index is 10.4. The first-order chi connectivity index (χ1) is 12.5. The number of rotatable bonds is 5. The van der Waals surface area contributed by atoms with Crippen molar-refractivity contribution in [3.8, 4) is 0 Å². The van der Waals surface area contributed by atoms with Crippen molar-refractivity contribution in [2.45, 2.75) is 39.5 Å². The van der Waals surface area contributed by atoms with Gasteiger partial charge in [-0.3, -0.25) is 0 Å². The summed E-state index contributed by atoms with van der Waals surface area (Å²) >= 11 is 0. The third-order valence-corrected chi connectivity index (χ3v) is 4.51. The summed E-state index contributed by atoms with van der Waals surface area (Å²) in [6, 6.07) is 16.0. The summed E-state index contributed by atoms with van der Waals surface area (Å²) in [5.41, 5.74) is 4.56. The van der Waals surface area contributed by atoms with Crippen LogP contribution in [-0.4, -0.2) is 10.0 Å². The summed E-state index contributed by atoms with van der Waals surface area (Å²) in [5, 5.41) is 10.4. The zero-order valence-electron chi connectivity index (χ0n) is 15.8. The Kier molecular flexibility index (Phi) is 5.36. The largest absolute Gasteiger partial charge is 0.506 e. The van der Waals surface area contributed by atoms with Gasteiger partial charge in [0, 0.05) is 24.2 Å². The van der Waals surface area contributed by atoms with Crippen molar-refractivity contribution in [2.75, 3.05) is 4.90 Å². The molecule has 0 fully saturated rings. The van der Waals surface area contributed by atoms with Crippen molar-refractivity contribution in [1.29, 1.82) is 0 Å². The average molecular weight is 346 g/mol. The molecule has 0 unspecified atom stereocenters. The van der Waals surface area contributed by atoms with E-state index >= 15 is 0 Å². The molecule has 0 atom stereocenters. The van der Waals surface area contributed by atoms with Crippen molar-refractivity contribution in [1.82, 2.24) is 4.90 Å². The van der Waals surface area contributed by atoms with E-state index in [4.69, 9.17) is 0 Å². The van der Waals surface area contributed by atoms with Crippen molar-refractivity contribution in [3.05, 3.63) is 90.5 Å². The van der Waals surface area contributed by atoms with Crippen LogP contribution in [0.15, 0.2) is 67.1 Å². The number of nitrogens with zero attached hydrogens (tertiary/aromatic N) is 2. The van der Waals surface area contributed by atoms with E-state index in [1.165, 1.54) is 16.8 Å². The van der Waals surface area contributed by atoms with Gasteiger partial charge in [0.15, 0.2) is 0 Å². The predicted molar refractivity (Wildman–Crippen MR) is 108 cm³/mol. The minimum Gasteiger partial charge on any atom is -0.506 e. The van der Waals surface area contributed by atoms with Crippen LogP contribution in [0.1, 0.15) is 56.2 Å². The van der Waals surface area contributed by atoms with E-state index in [0.717, 1.165) is 5.56 Å². The van der Waals surface area contributed by atoms with Crippen LogP contribution in [0.2, 0.25) is 0 Å². The third kappa shape index (κ3) is 3.77. The number of anilines is 1. The van der Waals surface area contributed by atoms with Gasteiger partial charge in [-0.15, -0.1) is 0 Å². The van der Waals surface area contributed by atoms with Crippen LogP contribution in [0.3, 0.4) is 0 Å². The monoisotopic (exact) mass is 346 g/mol. The van der Waals surface area contributed by atoms with Gasteiger partial charge in [0.2, 0.25) is 6.67 Å². The fourth-order valence-electron chi connectivity index (χ4n) is 3.13. The molecule has 0 amide bonds. The Morgan fingerprint density at radius 2 is 1.50 bits per heavy atom. The Morgan fingerprint density at radius 1 is 0.885 bits per heavy atom. The molecule has 2 aromatic rings. The molecule has 3 rings (SSSR count). The Balaban J connectivity index is 1.87. The lowest BCUT2D eigenvalue weighted by atomic mass is 9.92. The topological polar surface area (TPSA) is 26.7 Å². The molecular weight excluding hydrogens is 320 g/mol. The molecule has 1 aliphatic rings. The number of para-hydroxylation sites is 1. The summed E-state index contributed by atoms with van der Waals surface area (Å²) in [6.07, 6.45) is 5.57. The van der Waals surface area contributed by atoms with E-state index in [-0.39, 0.29) is 5.76 Å². The molecule has 2 aromatic carbocycles. The Hall–Kier alpha value is -2.68. The van der Waals surface area contributed by atoms with E-state index in [1.807, 2.05) is 47.6 Å². The van der Waals surface area contributed by atoms with Crippen LogP contribution in [-0.2, 0) is 0 Å². The van der Waals surface area contributed by atoms with E-state index in [9.17, 15) is 5.11 Å². The number of hydrogen-bond acceptors (Lipinski definition) is 3. The first-order valence-corrected chi connectivity index (χ1v) is 9.08. The lowest BCUT2D eigenvalue weighted by molar-refractivity contribution is 0.493. The maximum atomic E-state index is 10.4. The summed E-state index contributed by atoms with van der Waals surface area (Å²) < 4.78 is 0. The van der Waals surface area contributed by atoms with Gasteiger partial charge < -0.3 is 14.9 Å². The molecule has 0 bridgehead atoms. The van der Waals surface area contributed by atoms with Gasteiger partial charge in [-0.05, 0) is 23.0 Å². The highest BCUT2D eigenvalue weighted by molar-refractivity contribution is 5.66. The van der Waals surface area contributed by atoms with Gasteiger partial charge in [-0.25, -0.2) is 0 Å². The van der Waals surface area contributed by atoms with Crippen LogP contribution in [0.25, 0.3) is 5.76 Å². The molecular formula is C23H26N2O. The number of benzene rings is 2. The predicted octanol–water partition coefficient (Wildman–Crippen LogP) is 6.08. The number of hydrogen-bond donors (Lipinski definition) is 1. The minimum atomic E-state index is 0.214. The fraction of sp³-hybridized carbons (Fsp3) is 0.261. The minimum absolute atomic E-state index is 0.214. The summed E-state index contributed by atoms with van der Waals surface area (Å²) in [5.74, 6) is 1.05. The first-order valence-electron chi connectivity index (χ1n) is 9.08. The first kappa shape index (κ1) is 18.1. The molecule has 26 heavy (non-hydrogen) atoms. The van der Waals surface area contributed by atoms with Crippen molar-refractivity contribution >= 4 is 11.4 Å². The number of aliphatic hydroxyl groups is 1. The number of aliphatic hydroxyl groups excluding tert-OH is 1. The zero-order chi connectivity index (χ0) is 18.7. The molecule has 134 valence electrons. The lowest BCUT2D eigenvalue weighted by Gasteiger charge is -2.26. The van der Waals surface area contributed by atoms with Gasteiger partial charge in [-0.1, -0.05) is 76.2 Å². The maximum Gasteiger partial charge on any atom is 0.217 e. The van der Waals surface area contributed by atoms with Gasteiger partial charge in [-0.2, -0.15) is 0 Å². The Bertz CT molecular complexity index is 780. The molecule has 1 aliphatic heterocycles. The molecule has 0 aromatic heterocycles. The second kappa shape index (κ2) is 7.69. The van der Waals surface area contributed by atoms with Crippen LogP contribution < -0.4 is 4.90 Å². The van der Waals surface area contributed by atoms with E-state index in [2.05, 4.69) is 52.6 Å². The second-order valence-corrected chi connectivity index (χ2v) is 7.15. The average Bonchev–Trinajstić information content (AvgIpc) is 3.09. The lowest BCUT2D eigenvalue weighted by Crippen LogP contribution is -2.19. The second-order valence-electron chi connectivity index (χ2n) is 7.15. The van der Waals surface area contributed by atoms with Gasteiger partial charge >= 0.3 is 0 Å². The van der Waals surface area contributed by atoms with E-state index < -0.39 is 0 Å². The Morgan fingerprint density at radius 3 is 2.08 bits per heavy atom. The zero-order valence-corrected chi connectivity index (χ0v) is 15.8. The Labute approximate surface area is 156 Å². The molecule has 0 saturated carbocycles. The molecule has 0 aliphatic carbocycles. The summed E-state index contributed by atoms with van der Waals surface area (Å²) in [4.78, 5) is 3.79. The SMILES string of the molecule is CC(C)c1cccc(C(C)C)c1N1[C]N(/C=C(\O)c2ccccc2)C=C1. The van der Waals surface area contributed by atoms with Crippen LogP contribution in [0, 0.1) is 6.67 Å². The highest BCUT2D eigenvalue weighted by atomic mass is 16.3. The standard InChI is InChI=1S/C23H26N2O/c1-17(2)20-11-8-12-21(18(3)4)23(20)25-14-13-24(16-25)15-22(26)19-9-6-5-7-10-19/h5-15,17-18,26H,1-4H3/b22-15-. The van der Waals surface area contributed by atoms with Gasteiger partial charge in [0.25, 0.3) is 0 Å². The van der Waals surface area contributed by atoms with Crippen LogP contribution in [0.4, 0.5) is 5.69 Å². The third-order valence-electron chi connectivity index (χ3n) is 4.51. The fourth-order valence-corrected chi connectivity index (χ4v) is 3.13. The molecule has 3 heteroatoms. The van der Waals surface area contributed by atoms with E-state index in [1.54, 1.807) is 11.1 Å². The van der Waals surface area contributed by atoms with Crippen molar-refractivity contribution in [3.63, 3.8) is 0 Å². The molecule has 1 heterocycles. The van der Waals surface area contributed by atoms with E-state index in [0.29, 0.717) is 11.8 Å². The van der Waals surface area contributed by atoms with Crippen LogP contribution in [0.5, 0.6) is 0 Å². The van der Waals surface area contributed by atoms with Crippen molar-refractivity contribution in [2.24, 2.45) is 0 Å². The quantitative estimate of drug-likeness (QED) is 0.665. The highest BCUT2D eigenvalue weighted by Gasteiger charge is 2.23. The summed E-state index contributed by atoms with van der Waals surface area (Å²) in [6.45, 7) is 12.2. The molecule has 3 nitrogen and oxygen atoms in total. The highest BCUT2D eigenvalue weighted by Crippen LogP contribution is 2.37. The normalized spacial score (nSPS) is 14.8. The summed E-state index contributed by atoms with van der Waals surface area (Å²) in [7, 11) is 0. The van der Waals surface area contributed by atoms with Gasteiger partial charge in [0.1, 0.15) is 5.76 Å². The molecule has 2 radical (unpaired) electrons. The molecule has 0 saturated heterocycles. The van der Waals surface area contributed by atoms with Crippen LogP contribution >= 0.6 is 0 Å².